The molecule has 1 aromatic heterocycles. The molecule has 3 heteroatoms. The maximum atomic E-state index is 5.15. The molecule has 0 radical (unpaired) electrons. The van der Waals surface area contributed by atoms with Gasteiger partial charge in [0, 0.05) is 16.7 Å². The summed E-state index contributed by atoms with van der Waals surface area (Å²) in [6, 6.07) is 70.6. The van der Waals surface area contributed by atoms with E-state index >= 15 is 0 Å². The summed E-state index contributed by atoms with van der Waals surface area (Å²) in [4.78, 5) is 15.3. The molecule has 0 amide bonds. The van der Waals surface area contributed by atoms with E-state index in [4.69, 9.17) is 15.0 Å². The Morgan fingerprint density at radius 3 is 1.24 bits per heavy atom. The Hall–Kier alpha value is -7.23. The quantitative estimate of drug-likeness (QED) is 0.163. The lowest BCUT2D eigenvalue weighted by molar-refractivity contribution is 1.07. The Kier molecular flexibility index (Phi) is 7.81. The van der Waals surface area contributed by atoms with Gasteiger partial charge in [-0.25, -0.2) is 15.0 Å². The highest BCUT2D eigenvalue weighted by Crippen LogP contribution is 2.45. The molecular formula is C51H33N3. The van der Waals surface area contributed by atoms with Crippen LogP contribution in [0, 0.1) is 0 Å². The van der Waals surface area contributed by atoms with E-state index in [1.807, 2.05) is 24.3 Å². The van der Waals surface area contributed by atoms with Crippen molar-refractivity contribution in [3.05, 3.63) is 200 Å². The summed E-state index contributed by atoms with van der Waals surface area (Å²) in [5.41, 5.74) is 9.87. The van der Waals surface area contributed by atoms with Crippen LogP contribution in [-0.2, 0) is 0 Å². The minimum atomic E-state index is 0.631. The molecule has 0 aliphatic carbocycles. The van der Waals surface area contributed by atoms with Crippen LogP contribution in [0.1, 0.15) is 0 Å². The lowest BCUT2D eigenvalue weighted by Gasteiger charge is -2.19. The summed E-state index contributed by atoms with van der Waals surface area (Å²) in [5.74, 6) is 1.91. The molecule has 9 aromatic carbocycles. The summed E-state index contributed by atoms with van der Waals surface area (Å²) in [6.45, 7) is 0. The van der Waals surface area contributed by atoms with Crippen molar-refractivity contribution in [2.75, 3.05) is 0 Å². The molecule has 0 unspecified atom stereocenters. The standard InChI is InChI=1S/C51H33N3/c1-3-16-34(17-4-1)37-22-13-24-39(32-37)50-52-49(36-19-5-2-6-20-36)53-51(54-50)40-25-14-23-38(33-40)47-43-27-9-11-29-45(43)48(46-30-12-10-28-44(46)47)42-31-15-21-35-18-7-8-26-41(35)42/h1-33H. The van der Waals surface area contributed by atoms with Crippen LogP contribution in [-0.4, -0.2) is 15.0 Å². The average Bonchev–Trinajstić information content (AvgIpc) is 3.26. The lowest BCUT2D eigenvalue weighted by Crippen LogP contribution is -2.00. The van der Waals surface area contributed by atoms with Gasteiger partial charge < -0.3 is 0 Å². The molecular weight excluding hydrogens is 655 g/mol. The third-order valence-corrected chi connectivity index (χ3v) is 10.3. The highest BCUT2D eigenvalue weighted by Gasteiger charge is 2.19. The van der Waals surface area contributed by atoms with Gasteiger partial charge in [0.05, 0.1) is 0 Å². The first-order valence-corrected chi connectivity index (χ1v) is 18.3. The van der Waals surface area contributed by atoms with E-state index in [-0.39, 0.29) is 0 Å². The number of fused-ring (bicyclic) bond motifs is 3. The Balaban J connectivity index is 1.17. The minimum Gasteiger partial charge on any atom is -0.208 e. The molecule has 0 fully saturated rings. The SMILES string of the molecule is c1ccc(-c2cccc(-c3nc(-c4ccccc4)nc(-c4cccc(-c5c6ccccc6c(-c6cccc7ccccc67)c6ccccc56)c4)n3)c2)cc1. The van der Waals surface area contributed by atoms with E-state index in [9.17, 15) is 0 Å². The second-order valence-corrected chi connectivity index (χ2v) is 13.6. The zero-order chi connectivity index (χ0) is 35.8. The van der Waals surface area contributed by atoms with Crippen molar-refractivity contribution < 1.29 is 0 Å². The van der Waals surface area contributed by atoms with Crippen LogP contribution in [0.3, 0.4) is 0 Å². The van der Waals surface area contributed by atoms with Crippen molar-refractivity contribution in [1.82, 2.24) is 15.0 Å². The van der Waals surface area contributed by atoms with Gasteiger partial charge in [-0.2, -0.15) is 0 Å². The van der Waals surface area contributed by atoms with Crippen LogP contribution in [0.5, 0.6) is 0 Å². The monoisotopic (exact) mass is 687 g/mol. The molecule has 0 saturated carbocycles. The van der Waals surface area contributed by atoms with Crippen LogP contribution in [0.4, 0.5) is 0 Å². The second-order valence-electron chi connectivity index (χ2n) is 13.6. The van der Waals surface area contributed by atoms with Crippen molar-refractivity contribution in [3.63, 3.8) is 0 Å². The third kappa shape index (κ3) is 5.60. The number of aromatic nitrogens is 3. The van der Waals surface area contributed by atoms with Crippen LogP contribution >= 0.6 is 0 Å². The summed E-state index contributed by atoms with van der Waals surface area (Å²) in [5, 5.41) is 7.34. The molecule has 252 valence electrons. The van der Waals surface area contributed by atoms with Crippen LogP contribution in [0.2, 0.25) is 0 Å². The molecule has 0 aliphatic rings. The predicted octanol–water partition coefficient (Wildman–Crippen LogP) is 13.3. The van der Waals surface area contributed by atoms with Gasteiger partial charge in [0.1, 0.15) is 0 Å². The Morgan fingerprint density at radius 1 is 0.241 bits per heavy atom. The van der Waals surface area contributed by atoms with E-state index < -0.39 is 0 Å². The van der Waals surface area contributed by atoms with Crippen molar-refractivity contribution in [2.24, 2.45) is 0 Å². The number of nitrogens with zero attached hydrogens (tertiary/aromatic N) is 3. The van der Waals surface area contributed by atoms with E-state index in [0.717, 1.165) is 33.4 Å². The summed E-state index contributed by atoms with van der Waals surface area (Å²) < 4.78 is 0. The molecule has 0 aliphatic heterocycles. The lowest BCUT2D eigenvalue weighted by atomic mass is 9.84. The number of rotatable bonds is 6. The summed E-state index contributed by atoms with van der Waals surface area (Å²) >= 11 is 0. The maximum Gasteiger partial charge on any atom is 0.164 e. The minimum absolute atomic E-state index is 0.631. The Labute approximate surface area is 313 Å². The number of hydrogen-bond donors (Lipinski definition) is 0. The zero-order valence-corrected chi connectivity index (χ0v) is 29.4. The Bertz CT molecular complexity index is 2930. The number of benzene rings is 9. The molecule has 1 heterocycles. The highest BCUT2D eigenvalue weighted by atomic mass is 15.0. The van der Waals surface area contributed by atoms with Crippen LogP contribution in [0.25, 0.3) is 99.9 Å². The fraction of sp³-hybridized carbons (Fsp3) is 0. The molecule has 10 rings (SSSR count). The number of hydrogen-bond acceptors (Lipinski definition) is 3. The van der Waals surface area contributed by atoms with Crippen LogP contribution in [0.15, 0.2) is 200 Å². The fourth-order valence-electron chi connectivity index (χ4n) is 7.81. The van der Waals surface area contributed by atoms with Gasteiger partial charge in [-0.3, -0.25) is 0 Å². The normalized spacial score (nSPS) is 11.3. The average molecular weight is 688 g/mol. The molecule has 0 atom stereocenters. The summed E-state index contributed by atoms with van der Waals surface area (Å²) in [6.07, 6.45) is 0. The maximum absolute atomic E-state index is 5.15. The van der Waals surface area contributed by atoms with Crippen LogP contribution < -0.4 is 0 Å². The van der Waals surface area contributed by atoms with Gasteiger partial charge in [0.2, 0.25) is 0 Å². The molecule has 10 aromatic rings. The van der Waals surface area contributed by atoms with Gasteiger partial charge >= 0.3 is 0 Å². The predicted molar refractivity (Wildman–Crippen MR) is 225 cm³/mol. The highest BCUT2D eigenvalue weighted by molar-refractivity contribution is 6.23. The zero-order valence-electron chi connectivity index (χ0n) is 29.4. The first kappa shape index (κ1) is 31.5. The topological polar surface area (TPSA) is 38.7 Å². The molecule has 0 bridgehead atoms. The van der Waals surface area contributed by atoms with Crippen molar-refractivity contribution in [1.29, 1.82) is 0 Å². The van der Waals surface area contributed by atoms with E-state index in [1.165, 1.54) is 49.0 Å². The first-order chi connectivity index (χ1) is 26.8. The molecule has 0 saturated heterocycles. The Morgan fingerprint density at radius 2 is 0.630 bits per heavy atom. The molecule has 3 nitrogen and oxygen atoms in total. The van der Waals surface area contributed by atoms with Gasteiger partial charge in [-0.15, -0.1) is 0 Å². The van der Waals surface area contributed by atoms with E-state index in [1.54, 1.807) is 0 Å². The van der Waals surface area contributed by atoms with Gasteiger partial charge in [0.25, 0.3) is 0 Å². The van der Waals surface area contributed by atoms with E-state index in [2.05, 4.69) is 176 Å². The van der Waals surface area contributed by atoms with Gasteiger partial charge in [-0.1, -0.05) is 188 Å². The third-order valence-electron chi connectivity index (χ3n) is 10.3. The molecule has 54 heavy (non-hydrogen) atoms. The van der Waals surface area contributed by atoms with Crippen molar-refractivity contribution >= 4 is 32.3 Å². The van der Waals surface area contributed by atoms with E-state index in [0.29, 0.717) is 17.5 Å². The molecule has 0 N–H and O–H groups in total. The molecule has 0 spiro atoms. The smallest absolute Gasteiger partial charge is 0.164 e. The van der Waals surface area contributed by atoms with Gasteiger partial charge in [0.15, 0.2) is 17.5 Å². The second kappa shape index (κ2) is 13.4. The van der Waals surface area contributed by atoms with Gasteiger partial charge in [-0.05, 0) is 77.8 Å². The van der Waals surface area contributed by atoms with Crippen molar-refractivity contribution in [3.8, 4) is 67.5 Å². The first-order valence-electron chi connectivity index (χ1n) is 18.3. The fourth-order valence-corrected chi connectivity index (χ4v) is 7.81. The van der Waals surface area contributed by atoms with Crippen molar-refractivity contribution in [2.45, 2.75) is 0 Å². The largest absolute Gasteiger partial charge is 0.208 e. The summed E-state index contributed by atoms with van der Waals surface area (Å²) in [7, 11) is 0.